The first kappa shape index (κ1) is 15.9. The van der Waals surface area contributed by atoms with Crippen LogP contribution < -0.4 is 5.73 Å². The van der Waals surface area contributed by atoms with Crippen LogP contribution in [0.5, 0.6) is 0 Å². The molecule has 2 rings (SSSR count). The van der Waals surface area contributed by atoms with Crippen LogP contribution in [0.15, 0.2) is 53.5 Å². The molecule has 2 aromatic rings. The van der Waals surface area contributed by atoms with Gasteiger partial charge in [0.15, 0.2) is 5.78 Å². The van der Waals surface area contributed by atoms with Crippen LogP contribution in [0.1, 0.15) is 22.3 Å². The Balaban J connectivity index is 2.02. The van der Waals surface area contributed by atoms with E-state index in [1.807, 2.05) is 12.1 Å². The number of carbonyl (C=O) groups excluding carboxylic acids is 1. The summed E-state index contributed by atoms with van der Waals surface area (Å²) >= 11 is 0. The number of benzene rings is 2. The second kappa shape index (κ2) is 7.47. The largest absolute Gasteiger partial charge is 0.396 e. The number of aliphatic hydroxyl groups is 1. The molecule has 0 radical (unpaired) electrons. The summed E-state index contributed by atoms with van der Waals surface area (Å²) in [4.78, 5) is 16.2. The number of ketones is 1. The van der Waals surface area contributed by atoms with Gasteiger partial charge in [0.25, 0.3) is 0 Å². The van der Waals surface area contributed by atoms with Crippen molar-refractivity contribution in [3.8, 4) is 0 Å². The average Bonchev–Trinajstić information content (AvgIpc) is 2.50. The molecule has 0 bridgehead atoms. The summed E-state index contributed by atoms with van der Waals surface area (Å²) in [7, 11) is 0. The number of amidine groups is 1. The van der Waals surface area contributed by atoms with Gasteiger partial charge in [-0.05, 0) is 48.4 Å². The Morgan fingerprint density at radius 2 is 1.73 bits per heavy atom. The molecule has 0 saturated heterocycles. The zero-order valence-electron chi connectivity index (χ0n) is 12.0. The van der Waals surface area contributed by atoms with Gasteiger partial charge in [0.05, 0.1) is 12.1 Å². The molecule has 0 spiro atoms. The van der Waals surface area contributed by atoms with E-state index in [-0.39, 0.29) is 30.5 Å². The fraction of sp³-hybridized carbons (Fsp3) is 0.176. The highest BCUT2D eigenvalue weighted by Gasteiger charge is 2.08. The molecular formula is C17H17FN2O2. The van der Waals surface area contributed by atoms with Crippen LogP contribution in [0, 0.1) is 5.82 Å². The van der Waals surface area contributed by atoms with Gasteiger partial charge < -0.3 is 10.8 Å². The minimum Gasteiger partial charge on any atom is -0.396 e. The second-order valence-electron chi connectivity index (χ2n) is 4.85. The number of halogens is 1. The summed E-state index contributed by atoms with van der Waals surface area (Å²) in [5.74, 6) is -0.399. The van der Waals surface area contributed by atoms with E-state index in [0.29, 0.717) is 17.7 Å². The lowest BCUT2D eigenvalue weighted by atomic mass is 10.1. The molecule has 0 aliphatic rings. The highest BCUT2D eigenvalue weighted by atomic mass is 19.1. The molecule has 5 heteroatoms. The van der Waals surface area contributed by atoms with Crippen molar-refractivity contribution in [3.63, 3.8) is 0 Å². The lowest BCUT2D eigenvalue weighted by Gasteiger charge is -2.03. The molecule has 0 unspecified atom stereocenters. The molecular weight excluding hydrogens is 283 g/mol. The summed E-state index contributed by atoms with van der Waals surface area (Å²) in [6, 6.07) is 12.6. The lowest BCUT2D eigenvalue weighted by Crippen LogP contribution is -2.16. The molecule has 0 fully saturated rings. The Morgan fingerprint density at radius 1 is 1.09 bits per heavy atom. The molecule has 3 N–H and O–H groups in total. The van der Waals surface area contributed by atoms with Crippen LogP contribution in [-0.2, 0) is 6.42 Å². The molecule has 114 valence electrons. The van der Waals surface area contributed by atoms with E-state index in [1.165, 1.54) is 24.3 Å². The molecule has 0 aromatic heterocycles. The zero-order valence-corrected chi connectivity index (χ0v) is 12.0. The normalized spacial score (nSPS) is 11.5. The molecule has 0 aliphatic carbocycles. The van der Waals surface area contributed by atoms with Crippen molar-refractivity contribution in [2.45, 2.75) is 12.8 Å². The van der Waals surface area contributed by atoms with Crippen molar-refractivity contribution < 1.29 is 14.3 Å². The molecule has 22 heavy (non-hydrogen) atoms. The van der Waals surface area contributed by atoms with Gasteiger partial charge >= 0.3 is 0 Å². The first-order valence-electron chi connectivity index (χ1n) is 6.90. The Labute approximate surface area is 128 Å². The maximum Gasteiger partial charge on any atom is 0.170 e. The SMILES string of the molecule is NC(CC(=O)c1ccc(F)cc1)=Nc1ccc(CCO)cc1. The topological polar surface area (TPSA) is 75.7 Å². The molecule has 0 heterocycles. The molecule has 0 atom stereocenters. The summed E-state index contributed by atoms with van der Waals surface area (Å²) < 4.78 is 12.8. The number of hydrogen-bond acceptors (Lipinski definition) is 3. The first-order chi connectivity index (χ1) is 10.6. The zero-order chi connectivity index (χ0) is 15.9. The summed E-state index contributed by atoms with van der Waals surface area (Å²) in [6.07, 6.45) is 0.562. The van der Waals surface area contributed by atoms with Crippen LogP contribution in [0.4, 0.5) is 10.1 Å². The fourth-order valence-electron chi connectivity index (χ4n) is 1.97. The van der Waals surface area contributed by atoms with Crippen molar-refractivity contribution in [1.29, 1.82) is 0 Å². The Bertz CT molecular complexity index is 664. The third-order valence-corrected chi connectivity index (χ3v) is 3.12. The van der Waals surface area contributed by atoms with Crippen LogP contribution in [0.25, 0.3) is 0 Å². The van der Waals surface area contributed by atoms with Crippen LogP contribution >= 0.6 is 0 Å². The Kier molecular flexibility index (Phi) is 5.38. The van der Waals surface area contributed by atoms with E-state index >= 15 is 0 Å². The van der Waals surface area contributed by atoms with Crippen molar-refractivity contribution in [2.24, 2.45) is 10.7 Å². The van der Waals surface area contributed by atoms with Crippen LogP contribution in [-0.4, -0.2) is 23.3 Å². The van der Waals surface area contributed by atoms with Crippen LogP contribution in [0.2, 0.25) is 0 Å². The number of carbonyl (C=O) groups is 1. The Hall–Kier alpha value is -2.53. The molecule has 2 aromatic carbocycles. The monoisotopic (exact) mass is 300 g/mol. The van der Waals surface area contributed by atoms with Crippen molar-refractivity contribution in [1.82, 2.24) is 0 Å². The van der Waals surface area contributed by atoms with Gasteiger partial charge in [0.1, 0.15) is 11.7 Å². The summed E-state index contributed by atoms with van der Waals surface area (Å²) in [6.45, 7) is 0.0942. The highest BCUT2D eigenvalue weighted by molar-refractivity contribution is 6.09. The standard InChI is InChI=1S/C17H17FN2O2/c18-14-5-3-13(4-6-14)16(22)11-17(19)20-15-7-1-12(2-8-15)9-10-21/h1-8,21H,9-11H2,(H2,19,20). The van der Waals surface area contributed by atoms with Gasteiger partial charge in [-0.3, -0.25) is 4.79 Å². The number of nitrogens with two attached hydrogens (primary N) is 1. The number of hydrogen-bond donors (Lipinski definition) is 2. The average molecular weight is 300 g/mol. The van der Waals surface area contributed by atoms with Crippen molar-refractivity contribution in [3.05, 3.63) is 65.5 Å². The predicted octanol–water partition coefficient (Wildman–Crippen LogP) is 2.62. The van der Waals surface area contributed by atoms with E-state index in [1.54, 1.807) is 12.1 Å². The van der Waals surface area contributed by atoms with E-state index in [0.717, 1.165) is 5.56 Å². The van der Waals surface area contributed by atoms with Gasteiger partial charge in [-0.25, -0.2) is 9.38 Å². The smallest absolute Gasteiger partial charge is 0.170 e. The van der Waals surface area contributed by atoms with E-state index in [4.69, 9.17) is 10.8 Å². The Morgan fingerprint density at radius 3 is 2.32 bits per heavy atom. The number of aliphatic imine (C=N–C) groups is 1. The first-order valence-corrected chi connectivity index (χ1v) is 6.90. The van der Waals surface area contributed by atoms with Gasteiger partial charge in [0.2, 0.25) is 0 Å². The second-order valence-corrected chi connectivity index (χ2v) is 4.85. The molecule has 0 aliphatic heterocycles. The maximum absolute atomic E-state index is 12.8. The third kappa shape index (κ3) is 4.49. The highest BCUT2D eigenvalue weighted by Crippen LogP contribution is 2.14. The van der Waals surface area contributed by atoms with E-state index < -0.39 is 0 Å². The van der Waals surface area contributed by atoms with E-state index in [2.05, 4.69) is 4.99 Å². The van der Waals surface area contributed by atoms with Crippen molar-refractivity contribution in [2.75, 3.05) is 6.61 Å². The van der Waals surface area contributed by atoms with E-state index in [9.17, 15) is 9.18 Å². The van der Waals surface area contributed by atoms with Gasteiger partial charge in [-0.1, -0.05) is 12.1 Å². The number of nitrogens with zero attached hydrogens (tertiary/aromatic N) is 1. The van der Waals surface area contributed by atoms with Crippen molar-refractivity contribution >= 4 is 17.3 Å². The molecule has 0 saturated carbocycles. The minimum atomic E-state index is -0.388. The van der Waals surface area contributed by atoms with Crippen LogP contribution in [0.3, 0.4) is 0 Å². The predicted molar refractivity (Wildman–Crippen MR) is 83.9 cm³/mol. The molecule has 0 amide bonds. The number of rotatable bonds is 6. The number of aliphatic hydroxyl groups excluding tert-OH is 1. The maximum atomic E-state index is 12.8. The molecule has 4 nitrogen and oxygen atoms in total. The minimum absolute atomic E-state index is 0.0238. The van der Waals surface area contributed by atoms with Gasteiger partial charge in [0, 0.05) is 12.2 Å². The summed E-state index contributed by atoms with van der Waals surface area (Å²) in [5, 5.41) is 8.85. The fourth-order valence-corrected chi connectivity index (χ4v) is 1.97. The lowest BCUT2D eigenvalue weighted by molar-refractivity contribution is 0.100. The number of Topliss-reactive ketones (excluding diaryl/α,β-unsaturated/α-hetero) is 1. The van der Waals surface area contributed by atoms with Gasteiger partial charge in [-0.2, -0.15) is 0 Å². The summed E-state index contributed by atoms with van der Waals surface area (Å²) in [5.41, 5.74) is 7.83. The third-order valence-electron chi connectivity index (χ3n) is 3.12. The van der Waals surface area contributed by atoms with Gasteiger partial charge in [-0.15, -0.1) is 0 Å². The quantitative estimate of drug-likeness (QED) is 0.489.